The minimum Gasteiger partial charge on any atom is -0.322 e. The summed E-state index contributed by atoms with van der Waals surface area (Å²) in [5.41, 5.74) is 6.19. The Morgan fingerprint density at radius 2 is 1.82 bits per heavy atom. The third-order valence-corrected chi connectivity index (χ3v) is 5.78. The van der Waals surface area contributed by atoms with Gasteiger partial charge in [0.25, 0.3) is 5.91 Å². The molecule has 4 aromatic rings. The Morgan fingerprint density at radius 1 is 1.09 bits per heavy atom. The fourth-order valence-electron chi connectivity index (χ4n) is 3.89. The van der Waals surface area contributed by atoms with E-state index in [-0.39, 0.29) is 11.9 Å². The van der Waals surface area contributed by atoms with Crippen molar-refractivity contribution in [1.82, 2.24) is 19.7 Å². The number of aryl methyl sites for hydroxylation is 1. The Hall–Kier alpha value is -3.51. The average Bonchev–Trinajstić information content (AvgIpc) is 3.22. The number of pyridine rings is 1. The van der Waals surface area contributed by atoms with Crippen molar-refractivity contribution in [3.05, 3.63) is 77.5 Å². The molecule has 0 saturated heterocycles. The average molecular weight is 442 g/mol. The highest BCUT2D eigenvalue weighted by atomic mass is 16.1. The van der Waals surface area contributed by atoms with Gasteiger partial charge in [0.1, 0.15) is 0 Å². The molecule has 0 bridgehead atoms. The van der Waals surface area contributed by atoms with E-state index in [2.05, 4.69) is 68.4 Å². The molecule has 4 rings (SSSR count). The van der Waals surface area contributed by atoms with Gasteiger partial charge >= 0.3 is 0 Å². The van der Waals surface area contributed by atoms with Crippen LogP contribution < -0.4 is 5.32 Å². The summed E-state index contributed by atoms with van der Waals surface area (Å²) in [7, 11) is 4.13. The van der Waals surface area contributed by atoms with Gasteiger partial charge in [-0.15, -0.1) is 0 Å². The van der Waals surface area contributed by atoms with Crippen molar-refractivity contribution in [2.75, 3.05) is 26.0 Å². The maximum atomic E-state index is 13.4. The number of hydrogen-bond donors (Lipinski definition) is 1. The Balaban J connectivity index is 1.70. The van der Waals surface area contributed by atoms with E-state index in [0.717, 1.165) is 46.5 Å². The van der Waals surface area contributed by atoms with Gasteiger partial charge < -0.3 is 10.2 Å². The van der Waals surface area contributed by atoms with E-state index in [1.807, 2.05) is 41.1 Å². The quantitative estimate of drug-likeness (QED) is 0.420. The lowest BCUT2D eigenvalue weighted by molar-refractivity contribution is 0.102. The maximum Gasteiger partial charge on any atom is 0.256 e. The third-order valence-electron chi connectivity index (χ3n) is 5.78. The molecule has 0 spiro atoms. The number of carbonyl (C=O) groups excluding carboxylic acids is 1. The molecule has 6 heteroatoms. The molecule has 2 aromatic heterocycles. The topological polar surface area (TPSA) is 63.1 Å². The number of hydrogen-bond acceptors (Lipinski definition) is 4. The molecule has 2 heterocycles. The molecule has 2 aromatic carbocycles. The lowest BCUT2D eigenvalue weighted by atomic mass is 10.0. The standard InChI is InChI=1S/C27H31N5O/c1-18(2)32-26-24(17-28-32)23(16-25(30-26)22-9-7-6-8-19(22)3)27(33)29-21-12-10-20(11-13-21)14-15-31(4)5/h6-13,16-18H,14-15H2,1-5H3,(H,29,33). The number of nitrogens with one attached hydrogen (secondary N) is 1. The number of rotatable bonds is 7. The van der Waals surface area contributed by atoms with Gasteiger partial charge in [0, 0.05) is 23.8 Å². The third kappa shape index (κ3) is 4.96. The van der Waals surface area contributed by atoms with E-state index in [4.69, 9.17) is 4.98 Å². The van der Waals surface area contributed by atoms with Crippen LogP contribution in [0.25, 0.3) is 22.3 Å². The highest BCUT2D eigenvalue weighted by molar-refractivity contribution is 6.12. The van der Waals surface area contributed by atoms with E-state index < -0.39 is 0 Å². The number of benzene rings is 2. The van der Waals surface area contributed by atoms with E-state index in [1.165, 1.54) is 5.56 Å². The van der Waals surface area contributed by atoms with Crippen LogP contribution in [0, 0.1) is 6.92 Å². The number of nitrogens with zero attached hydrogens (tertiary/aromatic N) is 4. The van der Waals surface area contributed by atoms with Gasteiger partial charge in [-0.2, -0.15) is 5.10 Å². The molecule has 0 aliphatic rings. The van der Waals surface area contributed by atoms with Crippen molar-refractivity contribution >= 4 is 22.6 Å². The van der Waals surface area contributed by atoms with Crippen molar-refractivity contribution in [1.29, 1.82) is 0 Å². The predicted octanol–water partition coefficient (Wildman–Crippen LogP) is 5.34. The highest BCUT2D eigenvalue weighted by Gasteiger charge is 2.19. The lowest BCUT2D eigenvalue weighted by Gasteiger charge is -2.13. The van der Waals surface area contributed by atoms with Crippen molar-refractivity contribution in [3.8, 4) is 11.3 Å². The van der Waals surface area contributed by atoms with Gasteiger partial charge in [0.05, 0.1) is 22.8 Å². The highest BCUT2D eigenvalue weighted by Crippen LogP contribution is 2.28. The summed E-state index contributed by atoms with van der Waals surface area (Å²) in [5, 5.41) is 8.33. The summed E-state index contributed by atoms with van der Waals surface area (Å²) in [5.74, 6) is -0.165. The number of fused-ring (bicyclic) bond motifs is 1. The zero-order chi connectivity index (χ0) is 23.5. The first-order chi connectivity index (χ1) is 15.8. The summed E-state index contributed by atoms with van der Waals surface area (Å²) >= 11 is 0. The van der Waals surface area contributed by atoms with Crippen molar-refractivity contribution in [3.63, 3.8) is 0 Å². The van der Waals surface area contributed by atoms with Gasteiger partial charge in [-0.25, -0.2) is 9.67 Å². The molecule has 1 N–H and O–H groups in total. The molecule has 0 atom stereocenters. The monoisotopic (exact) mass is 441 g/mol. The molecule has 0 radical (unpaired) electrons. The molecule has 0 aliphatic heterocycles. The van der Waals surface area contributed by atoms with E-state index in [1.54, 1.807) is 6.20 Å². The van der Waals surface area contributed by atoms with Crippen LogP contribution in [0.15, 0.2) is 60.8 Å². The second-order valence-corrected chi connectivity index (χ2v) is 8.99. The van der Waals surface area contributed by atoms with Gasteiger partial charge in [0.2, 0.25) is 0 Å². The SMILES string of the molecule is Cc1ccccc1-c1cc(C(=O)Nc2ccc(CCN(C)C)cc2)c2cnn(C(C)C)c2n1. The fraction of sp³-hybridized carbons (Fsp3) is 0.296. The van der Waals surface area contributed by atoms with Crippen LogP contribution in [0.2, 0.25) is 0 Å². The molecule has 0 aliphatic carbocycles. The summed E-state index contributed by atoms with van der Waals surface area (Å²) in [6, 6.07) is 18.1. The van der Waals surface area contributed by atoms with Crippen molar-refractivity contribution in [2.24, 2.45) is 0 Å². The molecule has 0 fully saturated rings. The fourth-order valence-corrected chi connectivity index (χ4v) is 3.89. The van der Waals surface area contributed by atoms with Gasteiger partial charge in [0.15, 0.2) is 5.65 Å². The molecule has 6 nitrogen and oxygen atoms in total. The normalized spacial score (nSPS) is 11.5. The van der Waals surface area contributed by atoms with Gasteiger partial charge in [-0.1, -0.05) is 36.4 Å². The molecular formula is C27H31N5O. The first kappa shape index (κ1) is 22.7. The van der Waals surface area contributed by atoms with Crippen LogP contribution in [0.1, 0.15) is 41.4 Å². The number of carbonyl (C=O) groups is 1. The van der Waals surface area contributed by atoms with E-state index in [9.17, 15) is 4.79 Å². The smallest absolute Gasteiger partial charge is 0.256 e. The lowest BCUT2D eigenvalue weighted by Crippen LogP contribution is -2.15. The van der Waals surface area contributed by atoms with Crippen LogP contribution in [0.3, 0.4) is 0 Å². The first-order valence-corrected chi connectivity index (χ1v) is 11.3. The molecule has 0 saturated carbocycles. The Bertz CT molecular complexity index is 1270. The minimum atomic E-state index is -0.165. The molecule has 170 valence electrons. The molecular weight excluding hydrogens is 410 g/mol. The second-order valence-electron chi connectivity index (χ2n) is 8.99. The Morgan fingerprint density at radius 3 is 2.48 bits per heavy atom. The van der Waals surface area contributed by atoms with Gasteiger partial charge in [-0.05, 0) is 70.6 Å². The number of aromatic nitrogens is 3. The minimum absolute atomic E-state index is 0.132. The van der Waals surface area contributed by atoms with Gasteiger partial charge in [-0.3, -0.25) is 4.79 Å². The number of anilines is 1. The van der Waals surface area contributed by atoms with E-state index in [0.29, 0.717) is 5.56 Å². The number of amides is 1. The zero-order valence-electron chi connectivity index (χ0n) is 20.0. The van der Waals surface area contributed by atoms with E-state index >= 15 is 0 Å². The zero-order valence-corrected chi connectivity index (χ0v) is 20.0. The predicted molar refractivity (Wildman–Crippen MR) is 135 cm³/mol. The summed E-state index contributed by atoms with van der Waals surface area (Å²) in [6.45, 7) is 7.17. The maximum absolute atomic E-state index is 13.4. The first-order valence-electron chi connectivity index (χ1n) is 11.3. The van der Waals surface area contributed by atoms with Crippen LogP contribution in [-0.2, 0) is 6.42 Å². The summed E-state index contributed by atoms with van der Waals surface area (Å²) in [4.78, 5) is 20.5. The largest absolute Gasteiger partial charge is 0.322 e. The Kier molecular flexibility index (Phi) is 6.56. The Labute approximate surface area is 195 Å². The van der Waals surface area contributed by atoms with Crippen molar-refractivity contribution in [2.45, 2.75) is 33.2 Å². The second kappa shape index (κ2) is 9.55. The van der Waals surface area contributed by atoms with Crippen molar-refractivity contribution < 1.29 is 4.79 Å². The molecule has 1 amide bonds. The molecule has 33 heavy (non-hydrogen) atoms. The van der Waals surface area contributed by atoms with Crippen LogP contribution >= 0.6 is 0 Å². The summed E-state index contributed by atoms with van der Waals surface area (Å²) in [6.07, 6.45) is 2.71. The van der Waals surface area contributed by atoms with Crippen LogP contribution in [-0.4, -0.2) is 46.2 Å². The molecule has 0 unspecified atom stereocenters. The van der Waals surface area contributed by atoms with Crippen LogP contribution in [0.5, 0.6) is 0 Å². The van der Waals surface area contributed by atoms with Crippen LogP contribution in [0.4, 0.5) is 5.69 Å². The summed E-state index contributed by atoms with van der Waals surface area (Å²) < 4.78 is 1.87. The number of likely N-dealkylation sites (N-methyl/N-ethyl adjacent to an activating group) is 1.